The third-order valence-corrected chi connectivity index (χ3v) is 8.13. The minimum atomic E-state index is -1.03. The van der Waals surface area contributed by atoms with Crippen LogP contribution in [0.2, 0.25) is 0 Å². The third-order valence-electron chi connectivity index (χ3n) is 8.13. The van der Waals surface area contributed by atoms with Crippen LogP contribution in [0.5, 0.6) is 0 Å². The van der Waals surface area contributed by atoms with E-state index in [1.807, 2.05) is 21.8 Å². The van der Waals surface area contributed by atoms with Gasteiger partial charge in [0.2, 0.25) is 0 Å². The van der Waals surface area contributed by atoms with E-state index in [1.165, 1.54) is 0 Å². The highest BCUT2D eigenvalue weighted by atomic mass is 16.3. The monoisotopic (exact) mass is 592 g/mol. The highest BCUT2D eigenvalue weighted by molar-refractivity contribution is 5.85. The number of hydrogen-bond donors (Lipinski definition) is 4. The van der Waals surface area contributed by atoms with Crippen molar-refractivity contribution in [3.8, 4) is 0 Å². The first kappa shape index (κ1) is 35.7. The molecule has 238 valence electrons. The summed E-state index contributed by atoms with van der Waals surface area (Å²) in [5.41, 5.74) is -0.201. The van der Waals surface area contributed by atoms with Crippen LogP contribution < -0.4 is 0 Å². The molecule has 12 nitrogen and oxygen atoms in total. The highest BCUT2D eigenvalue weighted by Crippen LogP contribution is 2.21. The number of Topliss-reactive ketones (excluding diaryl/α,β-unsaturated/α-hetero) is 2. The summed E-state index contributed by atoms with van der Waals surface area (Å²) >= 11 is 0. The van der Waals surface area contributed by atoms with Crippen LogP contribution in [0, 0.1) is 10.8 Å². The van der Waals surface area contributed by atoms with Crippen molar-refractivity contribution >= 4 is 11.6 Å². The highest BCUT2D eigenvalue weighted by Gasteiger charge is 2.31. The molecule has 0 bridgehead atoms. The largest absolute Gasteiger partial charge is 0.395 e. The smallest absolute Gasteiger partial charge is 0.143 e. The van der Waals surface area contributed by atoms with E-state index in [0.29, 0.717) is 12.8 Å². The fourth-order valence-electron chi connectivity index (χ4n) is 4.62. The van der Waals surface area contributed by atoms with Gasteiger partial charge < -0.3 is 20.4 Å². The van der Waals surface area contributed by atoms with Gasteiger partial charge in [0.05, 0.1) is 48.6 Å². The zero-order valence-electron chi connectivity index (χ0n) is 25.6. The van der Waals surface area contributed by atoms with Crippen molar-refractivity contribution in [2.45, 2.75) is 117 Å². The second-order valence-corrected chi connectivity index (χ2v) is 12.1. The number of hydrogen-bond acceptors (Lipinski definition) is 10. The average Bonchev–Trinajstić information content (AvgIpc) is 3.67. The summed E-state index contributed by atoms with van der Waals surface area (Å²) in [6, 6.07) is 0. The first-order chi connectivity index (χ1) is 20.2. The Morgan fingerprint density at radius 3 is 1.29 bits per heavy atom. The van der Waals surface area contributed by atoms with Crippen LogP contribution in [0.4, 0.5) is 0 Å². The summed E-state index contributed by atoms with van der Waals surface area (Å²) < 4.78 is 3.74. The summed E-state index contributed by atoms with van der Waals surface area (Å²) in [6.45, 7) is 3.52. The lowest BCUT2D eigenvalue weighted by molar-refractivity contribution is -0.133. The SMILES string of the molecule is CC(CO)(CO)C(=O)CCCCCCCn1cc(CCc2cn(CCCCCCCC(=O)C(C)(CO)CO)nn2)nn1. The molecular weight excluding hydrogens is 540 g/mol. The quantitative estimate of drug-likeness (QED) is 0.125. The number of aliphatic hydroxyl groups excluding tert-OH is 4. The van der Waals surface area contributed by atoms with E-state index < -0.39 is 10.8 Å². The zero-order valence-corrected chi connectivity index (χ0v) is 25.6. The van der Waals surface area contributed by atoms with Crippen molar-refractivity contribution < 1.29 is 30.0 Å². The standard InChI is InChI=1S/C30H52N6O6/c1-29(21-37,22-38)27(41)13-9-5-3-7-11-17-35-19-25(31-33-35)15-16-26-20-36(34-32-26)18-12-8-4-6-10-14-28(42)30(2,23-39)24-40/h19-20,37-40H,3-18,21-24H2,1-2H3. The second-order valence-electron chi connectivity index (χ2n) is 12.1. The minimum Gasteiger partial charge on any atom is -0.395 e. The van der Waals surface area contributed by atoms with Gasteiger partial charge in [0.15, 0.2) is 0 Å². The van der Waals surface area contributed by atoms with Gasteiger partial charge in [-0.25, -0.2) is 0 Å². The van der Waals surface area contributed by atoms with Gasteiger partial charge in [-0.05, 0) is 52.4 Å². The fraction of sp³-hybridized carbons (Fsp3) is 0.800. The Morgan fingerprint density at radius 1 is 0.595 bits per heavy atom. The molecule has 0 aliphatic rings. The number of aryl methyl sites for hydroxylation is 4. The first-order valence-electron chi connectivity index (χ1n) is 15.5. The average molecular weight is 593 g/mol. The fourth-order valence-corrected chi connectivity index (χ4v) is 4.62. The molecule has 2 aromatic heterocycles. The van der Waals surface area contributed by atoms with Crippen molar-refractivity contribution in [2.24, 2.45) is 10.8 Å². The number of nitrogens with zero attached hydrogens (tertiary/aromatic N) is 6. The summed E-state index contributed by atoms with van der Waals surface area (Å²) in [6.07, 6.45) is 15.8. The van der Waals surface area contributed by atoms with E-state index in [9.17, 15) is 30.0 Å². The van der Waals surface area contributed by atoms with Gasteiger partial charge in [0, 0.05) is 38.3 Å². The maximum Gasteiger partial charge on any atom is 0.143 e. The molecule has 2 rings (SSSR count). The predicted octanol–water partition coefficient (Wildman–Crippen LogP) is 2.46. The molecule has 0 saturated carbocycles. The van der Waals surface area contributed by atoms with Crippen molar-refractivity contribution in [3.63, 3.8) is 0 Å². The molecule has 2 heterocycles. The maximum absolute atomic E-state index is 12.1. The van der Waals surface area contributed by atoms with Crippen molar-refractivity contribution in [1.82, 2.24) is 30.0 Å². The van der Waals surface area contributed by atoms with E-state index in [0.717, 1.165) is 102 Å². The van der Waals surface area contributed by atoms with E-state index >= 15 is 0 Å². The Hall–Kier alpha value is -2.54. The lowest BCUT2D eigenvalue weighted by Gasteiger charge is -2.22. The number of carbonyl (C=O) groups is 2. The normalized spacial score (nSPS) is 12.2. The molecule has 2 aromatic rings. The van der Waals surface area contributed by atoms with Crippen LogP contribution in [-0.4, -0.2) is 88.4 Å². The Kier molecular flexibility index (Phi) is 16.0. The van der Waals surface area contributed by atoms with Crippen LogP contribution in [-0.2, 0) is 35.5 Å². The Bertz CT molecular complexity index is 965. The van der Waals surface area contributed by atoms with Crippen LogP contribution in [0.3, 0.4) is 0 Å². The van der Waals surface area contributed by atoms with Crippen molar-refractivity contribution in [1.29, 1.82) is 0 Å². The molecule has 0 aromatic carbocycles. The third kappa shape index (κ3) is 12.0. The van der Waals surface area contributed by atoms with Crippen LogP contribution in [0.15, 0.2) is 12.4 Å². The van der Waals surface area contributed by atoms with Gasteiger partial charge in [-0.1, -0.05) is 49.0 Å². The minimum absolute atomic E-state index is 0.0766. The van der Waals surface area contributed by atoms with Crippen molar-refractivity contribution in [3.05, 3.63) is 23.8 Å². The molecule has 0 fully saturated rings. The molecule has 0 saturated heterocycles. The molecule has 42 heavy (non-hydrogen) atoms. The van der Waals surface area contributed by atoms with Gasteiger partial charge >= 0.3 is 0 Å². The molecule has 12 heteroatoms. The van der Waals surface area contributed by atoms with Crippen LogP contribution in [0.1, 0.15) is 102 Å². The Balaban J connectivity index is 1.53. The lowest BCUT2D eigenvalue weighted by Crippen LogP contribution is -2.35. The van der Waals surface area contributed by atoms with Crippen molar-refractivity contribution in [2.75, 3.05) is 26.4 Å². The number of carbonyl (C=O) groups excluding carboxylic acids is 2. The summed E-state index contributed by atoms with van der Waals surface area (Å²) in [7, 11) is 0. The molecule has 0 spiro atoms. The Morgan fingerprint density at radius 2 is 0.929 bits per heavy atom. The molecule has 0 aliphatic carbocycles. The van der Waals surface area contributed by atoms with Gasteiger partial charge in [0.25, 0.3) is 0 Å². The van der Waals surface area contributed by atoms with Gasteiger partial charge in [-0.2, -0.15) is 0 Å². The molecule has 0 radical (unpaired) electrons. The molecule has 0 aliphatic heterocycles. The van der Waals surface area contributed by atoms with Gasteiger partial charge in [-0.3, -0.25) is 19.0 Å². The maximum atomic E-state index is 12.1. The van der Waals surface area contributed by atoms with Crippen LogP contribution in [0.25, 0.3) is 0 Å². The summed E-state index contributed by atoms with van der Waals surface area (Å²) in [5.74, 6) is -0.153. The number of aliphatic hydroxyl groups is 4. The topological polar surface area (TPSA) is 176 Å². The number of rotatable bonds is 25. The van der Waals surface area contributed by atoms with E-state index in [1.54, 1.807) is 13.8 Å². The number of ketones is 2. The zero-order chi connectivity index (χ0) is 30.8. The van der Waals surface area contributed by atoms with E-state index in [4.69, 9.17) is 0 Å². The Labute approximate surface area is 249 Å². The summed E-state index contributed by atoms with van der Waals surface area (Å²) in [4.78, 5) is 24.2. The van der Waals surface area contributed by atoms with E-state index in [2.05, 4.69) is 20.6 Å². The number of aromatic nitrogens is 6. The predicted molar refractivity (Wildman–Crippen MR) is 157 cm³/mol. The molecule has 4 N–H and O–H groups in total. The van der Waals surface area contributed by atoms with E-state index in [-0.39, 0.29) is 38.0 Å². The van der Waals surface area contributed by atoms with Gasteiger partial charge in [0.1, 0.15) is 11.6 Å². The lowest BCUT2D eigenvalue weighted by atomic mass is 9.85. The summed E-state index contributed by atoms with van der Waals surface area (Å²) in [5, 5.41) is 54.2. The second kappa shape index (κ2) is 18.9. The van der Waals surface area contributed by atoms with Crippen LogP contribution >= 0.6 is 0 Å². The molecule has 0 unspecified atom stereocenters. The van der Waals surface area contributed by atoms with Gasteiger partial charge in [-0.15, -0.1) is 10.2 Å². The number of unbranched alkanes of at least 4 members (excludes halogenated alkanes) is 8. The molecular formula is C30H52N6O6. The molecule has 0 amide bonds. The molecule has 0 atom stereocenters. The first-order valence-corrected chi connectivity index (χ1v) is 15.5.